The van der Waals surface area contributed by atoms with Crippen molar-refractivity contribution >= 4 is 16.9 Å². The number of aryl methyl sites for hydroxylation is 1. The first kappa shape index (κ1) is 9.58. The van der Waals surface area contributed by atoms with Crippen LogP contribution in [0.25, 0.3) is 11.0 Å². The minimum absolute atomic E-state index is 0.0751. The molecule has 2 aromatic rings. The van der Waals surface area contributed by atoms with Crippen molar-refractivity contribution < 1.29 is 19.1 Å². The molecule has 0 radical (unpaired) electrons. The van der Waals surface area contributed by atoms with Gasteiger partial charge in [-0.3, -0.25) is 0 Å². The van der Waals surface area contributed by atoms with Crippen molar-refractivity contribution in [1.29, 1.82) is 0 Å². The van der Waals surface area contributed by atoms with Crippen LogP contribution in [-0.4, -0.2) is 18.2 Å². The lowest BCUT2D eigenvalue weighted by Crippen LogP contribution is -1.91. The molecule has 0 aliphatic carbocycles. The predicted octanol–water partition coefficient (Wildman–Crippen LogP) is 2.45. The normalized spacial score (nSPS) is 10.5. The lowest BCUT2D eigenvalue weighted by Gasteiger charge is -2.01. The molecule has 0 aliphatic heterocycles. The number of carbonyl (C=O) groups is 1. The molecule has 0 unspecified atom stereocenters. The third-order valence-corrected chi connectivity index (χ3v) is 2.16. The fourth-order valence-electron chi connectivity index (χ4n) is 1.52. The number of aromatic carboxylic acids is 1. The van der Waals surface area contributed by atoms with E-state index in [1.54, 1.807) is 6.07 Å². The van der Waals surface area contributed by atoms with Crippen LogP contribution in [0.15, 0.2) is 22.6 Å². The van der Waals surface area contributed by atoms with Crippen molar-refractivity contribution in [2.75, 3.05) is 7.11 Å². The largest absolute Gasteiger partial charge is 0.493 e. The van der Waals surface area contributed by atoms with Gasteiger partial charge >= 0.3 is 5.97 Å². The fourth-order valence-corrected chi connectivity index (χ4v) is 1.52. The van der Waals surface area contributed by atoms with Gasteiger partial charge in [-0.25, -0.2) is 4.79 Å². The lowest BCUT2D eigenvalue weighted by atomic mass is 10.1. The fraction of sp³-hybridized carbons (Fsp3) is 0.182. The number of fused-ring (bicyclic) bond motifs is 1. The molecule has 0 atom stereocenters. The maximum Gasteiger partial charge on any atom is 0.371 e. The van der Waals surface area contributed by atoms with Gasteiger partial charge < -0.3 is 14.3 Å². The Bertz CT molecular complexity index is 525. The van der Waals surface area contributed by atoms with E-state index in [1.807, 2.05) is 13.0 Å². The van der Waals surface area contributed by atoms with Crippen LogP contribution < -0.4 is 4.74 Å². The zero-order chi connectivity index (χ0) is 11.0. The van der Waals surface area contributed by atoms with E-state index in [4.69, 9.17) is 14.3 Å². The minimum Gasteiger partial charge on any atom is -0.493 e. The molecule has 1 heterocycles. The Labute approximate surface area is 86.1 Å². The number of ether oxygens (including phenoxy) is 1. The zero-order valence-corrected chi connectivity index (χ0v) is 8.40. The van der Waals surface area contributed by atoms with E-state index in [9.17, 15) is 4.79 Å². The Balaban J connectivity index is 2.74. The molecule has 0 fully saturated rings. The minimum atomic E-state index is -1.08. The summed E-state index contributed by atoms with van der Waals surface area (Å²) in [6, 6.07) is 5.15. The number of hydrogen-bond donors (Lipinski definition) is 1. The van der Waals surface area contributed by atoms with Crippen LogP contribution >= 0.6 is 0 Å². The van der Waals surface area contributed by atoms with Crippen LogP contribution in [0.5, 0.6) is 5.75 Å². The van der Waals surface area contributed by atoms with Gasteiger partial charge in [0.05, 0.1) is 7.11 Å². The van der Waals surface area contributed by atoms with E-state index >= 15 is 0 Å². The quantitative estimate of drug-likeness (QED) is 0.819. The van der Waals surface area contributed by atoms with Gasteiger partial charge in [0.2, 0.25) is 5.76 Å². The highest BCUT2D eigenvalue weighted by molar-refractivity contribution is 5.93. The molecule has 1 N–H and O–H groups in total. The molecular weight excluding hydrogens is 196 g/mol. The first-order valence-electron chi connectivity index (χ1n) is 4.43. The van der Waals surface area contributed by atoms with Gasteiger partial charge in [0.15, 0.2) is 11.3 Å². The highest BCUT2D eigenvalue weighted by Crippen LogP contribution is 2.30. The SMILES string of the molecule is COc1cc(C)cc2cc(C(=O)O)oc12. The van der Waals surface area contributed by atoms with Gasteiger partial charge in [0, 0.05) is 5.39 Å². The van der Waals surface area contributed by atoms with Gasteiger partial charge in [-0.05, 0) is 30.7 Å². The first-order chi connectivity index (χ1) is 7.11. The second kappa shape index (κ2) is 3.31. The number of methoxy groups -OCH3 is 1. The Morgan fingerprint density at radius 3 is 2.73 bits per heavy atom. The summed E-state index contributed by atoms with van der Waals surface area (Å²) in [4.78, 5) is 10.7. The van der Waals surface area contributed by atoms with E-state index in [1.165, 1.54) is 13.2 Å². The van der Waals surface area contributed by atoms with Crippen LogP contribution in [0.1, 0.15) is 16.1 Å². The smallest absolute Gasteiger partial charge is 0.371 e. The van der Waals surface area contributed by atoms with E-state index in [0.29, 0.717) is 11.3 Å². The lowest BCUT2D eigenvalue weighted by molar-refractivity contribution is 0.0665. The number of carboxylic acid groups (broad SMARTS) is 1. The van der Waals surface area contributed by atoms with Gasteiger partial charge in [-0.2, -0.15) is 0 Å². The van der Waals surface area contributed by atoms with Crippen LogP contribution in [0.2, 0.25) is 0 Å². The number of hydrogen-bond acceptors (Lipinski definition) is 3. The highest BCUT2D eigenvalue weighted by Gasteiger charge is 2.13. The summed E-state index contributed by atoms with van der Waals surface area (Å²) in [5, 5.41) is 9.52. The third kappa shape index (κ3) is 1.54. The van der Waals surface area contributed by atoms with E-state index in [0.717, 1.165) is 10.9 Å². The van der Waals surface area contributed by atoms with Crippen molar-refractivity contribution in [2.24, 2.45) is 0 Å². The Morgan fingerprint density at radius 2 is 2.13 bits per heavy atom. The molecule has 2 rings (SSSR count). The summed E-state index contributed by atoms with van der Waals surface area (Å²) in [6.45, 7) is 1.91. The van der Waals surface area contributed by atoms with E-state index in [2.05, 4.69) is 0 Å². The molecule has 1 aromatic carbocycles. The molecule has 78 valence electrons. The van der Waals surface area contributed by atoms with Crippen LogP contribution in [0, 0.1) is 6.92 Å². The van der Waals surface area contributed by atoms with Crippen molar-refractivity contribution in [3.05, 3.63) is 29.5 Å². The number of carboxylic acids is 1. The second-order valence-corrected chi connectivity index (χ2v) is 3.30. The topological polar surface area (TPSA) is 59.7 Å². The van der Waals surface area contributed by atoms with Gasteiger partial charge in [-0.1, -0.05) is 0 Å². The van der Waals surface area contributed by atoms with Gasteiger partial charge in [0.1, 0.15) is 0 Å². The molecular formula is C11H10O4. The first-order valence-corrected chi connectivity index (χ1v) is 4.43. The Kier molecular flexibility index (Phi) is 2.11. The molecule has 0 amide bonds. The van der Waals surface area contributed by atoms with E-state index in [-0.39, 0.29) is 5.76 Å². The summed E-state index contributed by atoms with van der Waals surface area (Å²) in [6.07, 6.45) is 0. The Hall–Kier alpha value is -1.97. The number of furan rings is 1. The molecule has 0 saturated heterocycles. The van der Waals surface area contributed by atoms with Gasteiger partial charge in [-0.15, -0.1) is 0 Å². The molecule has 4 heteroatoms. The average molecular weight is 206 g/mol. The maximum atomic E-state index is 10.7. The van der Waals surface area contributed by atoms with Crippen LogP contribution in [0.3, 0.4) is 0 Å². The van der Waals surface area contributed by atoms with E-state index < -0.39 is 5.97 Å². The summed E-state index contributed by atoms with van der Waals surface area (Å²) >= 11 is 0. The predicted molar refractivity (Wildman–Crippen MR) is 54.5 cm³/mol. The highest BCUT2D eigenvalue weighted by atomic mass is 16.5. The molecule has 4 nitrogen and oxygen atoms in total. The monoisotopic (exact) mass is 206 g/mol. The van der Waals surface area contributed by atoms with Gasteiger partial charge in [0.25, 0.3) is 0 Å². The maximum absolute atomic E-state index is 10.7. The zero-order valence-electron chi connectivity index (χ0n) is 8.40. The summed E-state index contributed by atoms with van der Waals surface area (Å²) in [5.74, 6) is -0.600. The summed E-state index contributed by atoms with van der Waals surface area (Å²) in [7, 11) is 1.52. The summed E-state index contributed by atoms with van der Waals surface area (Å²) in [5.41, 5.74) is 1.47. The molecule has 0 bridgehead atoms. The van der Waals surface area contributed by atoms with Crippen molar-refractivity contribution in [2.45, 2.75) is 6.92 Å². The summed E-state index contributed by atoms with van der Waals surface area (Å²) < 4.78 is 10.3. The molecule has 0 saturated carbocycles. The molecule has 1 aromatic heterocycles. The van der Waals surface area contributed by atoms with Crippen molar-refractivity contribution in [1.82, 2.24) is 0 Å². The molecule has 15 heavy (non-hydrogen) atoms. The van der Waals surface area contributed by atoms with Crippen molar-refractivity contribution in [3.63, 3.8) is 0 Å². The average Bonchev–Trinajstić information content (AvgIpc) is 2.59. The Morgan fingerprint density at radius 1 is 1.40 bits per heavy atom. The molecule has 0 aliphatic rings. The second-order valence-electron chi connectivity index (χ2n) is 3.30. The number of rotatable bonds is 2. The van der Waals surface area contributed by atoms with Crippen LogP contribution in [-0.2, 0) is 0 Å². The number of benzene rings is 1. The van der Waals surface area contributed by atoms with Crippen molar-refractivity contribution in [3.8, 4) is 5.75 Å². The third-order valence-electron chi connectivity index (χ3n) is 2.16. The molecule has 0 spiro atoms. The standard InChI is InChI=1S/C11H10O4/c1-6-3-7-5-9(11(12)13)15-10(7)8(4-6)14-2/h3-5H,1-2H3,(H,12,13). The van der Waals surface area contributed by atoms with Crippen LogP contribution in [0.4, 0.5) is 0 Å².